The second-order valence-corrected chi connectivity index (χ2v) is 5.34. The van der Waals surface area contributed by atoms with Gasteiger partial charge in [0.25, 0.3) is 0 Å². The highest BCUT2D eigenvalue weighted by Gasteiger charge is 2.27. The topological polar surface area (TPSA) is 52.0 Å². The van der Waals surface area contributed by atoms with Gasteiger partial charge in [-0.1, -0.05) is 32.9 Å². The number of rotatable bonds is 3. The van der Waals surface area contributed by atoms with Crippen LogP contribution in [-0.2, 0) is 0 Å². The maximum Gasteiger partial charge on any atom is 0.180 e. The lowest BCUT2D eigenvalue weighted by Crippen LogP contribution is -2.13. The van der Waals surface area contributed by atoms with Gasteiger partial charge < -0.3 is 10.3 Å². The van der Waals surface area contributed by atoms with Crippen molar-refractivity contribution in [3.05, 3.63) is 9.33 Å². The Balaban J connectivity index is 3.05. The molecule has 1 rings (SSSR count). The van der Waals surface area contributed by atoms with Crippen LogP contribution in [0.4, 0.5) is 5.82 Å². The predicted molar refractivity (Wildman–Crippen MR) is 66.0 cm³/mol. The summed E-state index contributed by atoms with van der Waals surface area (Å²) < 4.78 is 6.26. The van der Waals surface area contributed by atoms with Crippen molar-refractivity contribution in [3.63, 3.8) is 0 Å². The second-order valence-electron chi connectivity index (χ2n) is 4.26. The van der Waals surface area contributed by atoms with E-state index in [2.05, 4.69) is 55.4 Å². The van der Waals surface area contributed by atoms with Crippen molar-refractivity contribution in [2.24, 2.45) is 11.8 Å². The molecule has 0 radical (unpaired) electrons. The van der Waals surface area contributed by atoms with Crippen molar-refractivity contribution in [1.29, 1.82) is 0 Å². The van der Waals surface area contributed by atoms with Crippen LogP contribution in [0.3, 0.4) is 0 Å². The summed E-state index contributed by atoms with van der Waals surface area (Å²) in [5.74, 6) is 2.92. The maximum absolute atomic E-state index is 5.67. The minimum atomic E-state index is 0.395. The number of nitrogen functional groups attached to an aromatic ring is 1. The number of anilines is 1. The SMILES string of the molecule is CC(C)C(c1onc(N)c1I)C(C)C. The standard InChI is InChI=1S/C10H17IN2O/c1-5(2)7(6(3)4)9-8(11)10(12)13-14-9/h5-7H,1-4H3,(H2,12,13). The first-order chi connectivity index (χ1) is 6.45. The highest BCUT2D eigenvalue weighted by Crippen LogP contribution is 2.36. The second kappa shape index (κ2) is 4.51. The molecule has 0 aliphatic rings. The molecule has 0 fully saturated rings. The molecule has 1 aromatic rings. The molecule has 0 unspecified atom stereocenters. The van der Waals surface area contributed by atoms with E-state index in [1.165, 1.54) is 0 Å². The smallest absolute Gasteiger partial charge is 0.180 e. The van der Waals surface area contributed by atoms with Crippen LogP contribution in [0.1, 0.15) is 39.4 Å². The third kappa shape index (κ3) is 2.21. The van der Waals surface area contributed by atoms with Gasteiger partial charge in [-0.2, -0.15) is 0 Å². The van der Waals surface area contributed by atoms with Gasteiger partial charge >= 0.3 is 0 Å². The largest absolute Gasteiger partial charge is 0.380 e. The van der Waals surface area contributed by atoms with Crippen LogP contribution in [0.15, 0.2) is 4.52 Å². The van der Waals surface area contributed by atoms with Gasteiger partial charge in [-0.25, -0.2) is 0 Å². The molecule has 4 heteroatoms. The van der Waals surface area contributed by atoms with Crippen molar-refractivity contribution >= 4 is 28.4 Å². The molecule has 80 valence electrons. The number of hydrogen-bond acceptors (Lipinski definition) is 3. The first-order valence-electron chi connectivity index (χ1n) is 4.85. The zero-order valence-electron chi connectivity index (χ0n) is 9.04. The first-order valence-corrected chi connectivity index (χ1v) is 5.93. The van der Waals surface area contributed by atoms with E-state index in [1.807, 2.05) is 0 Å². The van der Waals surface area contributed by atoms with Crippen LogP contribution >= 0.6 is 22.6 Å². The number of halogens is 1. The molecule has 1 aromatic heterocycles. The number of nitrogens with two attached hydrogens (primary N) is 1. The molecule has 0 bridgehead atoms. The Morgan fingerprint density at radius 3 is 2.00 bits per heavy atom. The monoisotopic (exact) mass is 308 g/mol. The lowest BCUT2D eigenvalue weighted by atomic mass is 9.84. The number of aromatic nitrogens is 1. The molecule has 0 aliphatic carbocycles. The van der Waals surface area contributed by atoms with Gasteiger partial charge in [-0.15, -0.1) is 0 Å². The Morgan fingerprint density at radius 2 is 1.71 bits per heavy atom. The van der Waals surface area contributed by atoms with Gasteiger partial charge in [-0.05, 0) is 34.4 Å². The normalized spacial score (nSPS) is 12.0. The molecular weight excluding hydrogens is 291 g/mol. The molecule has 3 nitrogen and oxygen atoms in total. The Bertz CT molecular complexity index is 299. The van der Waals surface area contributed by atoms with Gasteiger partial charge in [0.15, 0.2) is 11.6 Å². The van der Waals surface area contributed by atoms with E-state index in [9.17, 15) is 0 Å². The molecule has 0 saturated heterocycles. The lowest BCUT2D eigenvalue weighted by Gasteiger charge is -2.22. The summed E-state index contributed by atoms with van der Waals surface area (Å²) in [6, 6.07) is 0. The molecule has 0 aliphatic heterocycles. The highest BCUT2D eigenvalue weighted by atomic mass is 127. The summed E-state index contributed by atoms with van der Waals surface area (Å²) in [7, 11) is 0. The summed E-state index contributed by atoms with van der Waals surface area (Å²) in [4.78, 5) is 0. The molecule has 2 N–H and O–H groups in total. The Kier molecular flexibility index (Phi) is 3.80. The Morgan fingerprint density at radius 1 is 1.21 bits per heavy atom. The Hall–Kier alpha value is -0.260. The van der Waals surface area contributed by atoms with Gasteiger partial charge in [0.2, 0.25) is 0 Å². The summed E-state index contributed by atoms with van der Waals surface area (Å²) in [6.07, 6.45) is 0. The van der Waals surface area contributed by atoms with E-state index in [-0.39, 0.29) is 0 Å². The first kappa shape index (κ1) is 11.8. The van der Waals surface area contributed by atoms with Gasteiger partial charge in [0.1, 0.15) is 0 Å². The van der Waals surface area contributed by atoms with Gasteiger partial charge in [0, 0.05) is 5.92 Å². The fraction of sp³-hybridized carbons (Fsp3) is 0.700. The molecule has 0 atom stereocenters. The molecule has 0 spiro atoms. The summed E-state index contributed by atoms with van der Waals surface area (Å²) in [6.45, 7) is 8.78. The van der Waals surface area contributed by atoms with Crippen LogP contribution < -0.4 is 5.73 Å². The Labute approximate surface area is 98.6 Å². The number of nitrogens with zero attached hydrogens (tertiary/aromatic N) is 1. The summed E-state index contributed by atoms with van der Waals surface area (Å²) >= 11 is 2.20. The molecule has 14 heavy (non-hydrogen) atoms. The predicted octanol–water partition coefficient (Wildman–Crippen LogP) is 3.26. The van der Waals surface area contributed by atoms with Crippen LogP contribution in [0.5, 0.6) is 0 Å². The minimum absolute atomic E-state index is 0.395. The third-order valence-corrected chi connectivity index (χ3v) is 3.51. The quantitative estimate of drug-likeness (QED) is 0.872. The molecule has 1 heterocycles. The van der Waals surface area contributed by atoms with Crippen LogP contribution in [0.2, 0.25) is 0 Å². The van der Waals surface area contributed by atoms with Crippen LogP contribution in [-0.4, -0.2) is 5.16 Å². The van der Waals surface area contributed by atoms with E-state index in [1.54, 1.807) is 0 Å². The van der Waals surface area contributed by atoms with Gasteiger partial charge in [0.05, 0.1) is 3.57 Å². The van der Waals surface area contributed by atoms with E-state index >= 15 is 0 Å². The van der Waals surface area contributed by atoms with E-state index < -0.39 is 0 Å². The zero-order chi connectivity index (χ0) is 10.9. The molecule has 0 amide bonds. The average Bonchev–Trinajstić information content (AvgIpc) is 2.35. The lowest BCUT2D eigenvalue weighted by molar-refractivity contribution is 0.285. The summed E-state index contributed by atoms with van der Waals surface area (Å²) in [5.41, 5.74) is 5.67. The van der Waals surface area contributed by atoms with Crippen LogP contribution in [0, 0.1) is 15.4 Å². The average molecular weight is 308 g/mol. The van der Waals surface area contributed by atoms with Gasteiger partial charge in [-0.3, -0.25) is 0 Å². The summed E-state index contributed by atoms with van der Waals surface area (Å²) in [5, 5.41) is 3.80. The fourth-order valence-corrected chi connectivity index (χ4v) is 2.44. The van der Waals surface area contributed by atoms with E-state index in [0.717, 1.165) is 9.33 Å². The highest BCUT2D eigenvalue weighted by molar-refractivity contribution is 14.1. The maximum atomic E-state index is 5.67. The van der Waals surface area contributed by atoms with Crippen LogP contribution in [0.25, 0.3) is 0 Å². The fourth-order valence-electron chi connectivity index (χ4n) is 1.89. The number of hydrogen-bond donors (Lipinski definition) is 1. The van der Waals surface area contributed by atoms with Crippen molar-refractivity contribution in [3.8, 4) is 0 Å². The van der Waals surface area contributed by atoms with Crippen molar-refractivity contribution in [1.82, 2.24) is 5.16 Å². The van der Waals surface area contributed by atoms with E-state index in [0.29, 0.717) is 23.6 Å². The molecular formula is C10H17IN2O. The van der Waals surface area contributed by atoms with E-state index in [4.69, 9.17) is 10.3 Å². The zero-order valence-corrected chi connectivity index (χ0v) is 11.2. The molecule has 0 saturated carbocycles. The minimum Gasteiger partial charge on any atom is -0.380 e. The van der Waals surface area contributed by atoms with Crippen molar-refractivity contribution in [2.45, 2.75) is 33.6 Å². The van der Waals surface area contributed by atoms with Crippen molar-refractivity contribution in [2.75, 3.05) is 5.73 Å². The van der Waals surface area contributed by atoms with Crippen molar-refractivity contribution < 1.29 is 4.52 Å². The third-order valence-electron chi connectivity index (χ3n) is 2.42. The molecule has 0 aromatic carbocycles.